The fourth-order valence-corrected chi connectivity index (χ4v) is 3.99. The van der Waals surface area contributed by atoms with Crippen LogP contribution in [0, 0.1) is 5.82 Å². The van der Waals surface area contributed by atoms with Crippen LogP contribution in [0.3, 0.4) is 0 Å². The Morgan fingerprint density at radius 1 is 1.03 bits per heavy atom. The Labute approximate surface area is 176 Å². The first-order valence-corrected chi connectivity index (χ1v) is 10.8. The molecule has 4 nitrogen and oxygen atoms in total. The van der Waals surface area contributed by atoms with Crippen LogP contribution in [-0.2, 0) is 17.7 Å². The molecule has 0 fully saturated rings. The summed E-state index contributed by atoms with van der Waals surface area (Å²) in [5, 5.41) is 9.56. The van der Waals surface area contributed by atoms with Crippen LogP contribution in [-0.4, -0.2) is 14.8 Å². The smallest absolute Gasteiger partial charge is 0.191 e. The SMILES string of the molecule is CCn1c(SCc2ccc(F)cc2)nnc1C(C)Oc1ccc(C(C)(C)C)cc1. The average molecular weight is 414 g/mol. The molecule has 154 valence electrons. The largest absolute Gasteiger partial charge is 0.483 e. The number of hydrogen-bond donors (Lipinski definition) is 0. The Bertz CT molecular complexity index is 930. The monoisotopic (exact) mass is 413 g/mol. The van der Waals surface area contributed by atoms with Gasteiger partial charge in [0.25, 0.3) is 0 Å². The van der Waals surface area contributed by atoms with Gasteiger partial charge in [-0.15, -0.1) is 10.2 Å². The van der Waals surface area contributed by atoms with E-state index in [2.05, 4.69) is 54.6 Å². The molecule has 1 atom stereocenters. The molecule has 0 aliphatic rings. The Balaban J connectivity index is 1.69. The molecule has 0 spiro atoms. The first kappa shape index (κ1) is 21.4. The van der Waals surface area contributed by atoms with Gasteiger partial charge in [0.15, 0.2) is 17.1 Å². The second-order valence-corrected chi connectivity index (χ2v) is 8.98. The van der Waals surface area contributed by atoms with E-state index in [0.717, 1.165) is 28.8 Å². The lowest BCUT2D eigenvalue weighted by Crippen LogP contribution is -2.13. The van der Waals surface area contributed by atoms with Crippen molar-refractivity contribution < 1.29 is 9.13 Å². The lowest BCUT2D eigenvalue weighted by Gasteiger charge is -2.20. The summed E-state index contributed by atoms with van der Waals surface area (Å²) in [7, 11) is 0. The second kappa shape index (κ2) is 8.99. The minimum Gasteiger partial charge on any atom is -0.483 e. The number of ether oxygens (including phenoxy) is 1. The van der Waals surface area contributed by atoms with E-state index in [4.69, 9.17) is 4.74 Å². The zero-order valence-corrected chi connectivity index (χ0v) is 18.5. The van der Waals surface area contributed by atoms with Crippen LogP contribution in [0.15, 0.2) is 53.7 Å². The third-order valence-corrected chi connectivity index (χ3v) is 5.78. The van der Waals surface area contributed by atoms with Gasteiger partial charge in [-0.25, -0.2) is 4.39 Å². The van der Waals surface area contributed by atoms with Crippen molar-refractivity contribution in [2.45, 2.75) is 63.6 Å². The van der Waals surface area contributed by atoms with E-state index in [9.17, 15) is 4.39 Å². The van der Waals surface area contributed by atoms with Crippen molar-refractivity contribution in [1.82, 2.24) is 14.8 Å². The van der Waals surface area contributed by atoms with Gasteiger partial charge in [-0.05, 0) is 54.7 Å². The molecular formula is C23H28FN3OS. The van der Waals surface area contributed by atoms with Gasteiger partial charge in [0.1, 0.15) is 11.6 Å². The van der Waals surface area contributed by atoms with Gasteiger partial charge in [0.2, 0.25) is 0 Å². The summed E-state index contributed by atoms with van der Waals surface area (Å²) in [6.45, 7) is 11.4. The predicted molar refractivity (Wildman–Crippen MR) is 116 cm³/mol. The maximum atomic E-state index is 13.1. The highest BCUT2D eigenvalue weighted by Gasteiger charge is 2.19. The lowest BCUT2D eigenvalue weighted by atomic mass is 9.87. The summed E-state index contributed by atoms with van der Waals surface area (Å²) in [6, 6.07) is 14.8. The van der Waals surface area contributed by atoms with Crippen molar-refractivity contribution in [3.63, 3.8) is 0 Å². The first-order chi connectivity index (χ1) is 13.8. The number of nitrogens with zero attached hydrogens (tertiary/aromatic N) is 3. The quantitative estimate of drug-likeness (QED) is 0.435. The van der Waals surface area contributed by atoms with Gasteiger partial charge in [0, 0.05) is 12.3 Å². The number of benzene rings is 2. The number of halogens is 1. The van der Waals surface area contributed by atoms with Crippen molar-refractivity contribution in [3.8, 4) is 5.75 Å². The fourth-order valence-electron chi connectivity index (χ4n) is 3.02. The molecule has 0 aliphatic heterocycles. The van der Waals surface area contributed by atoms with Crippen molar-refractivity contribution in [1.29, 1.82) is 0 Å². The zero-order chi connectivity index (χ0) is 21.0. The molecule has 3 rings (SSSR count). The number of rotatable bonds is 7. The van der Waals surface area contributed by atoms with Crippen LogP contribution in [0.2, 0.25) is 0 Å². The van der Waals surface area contributed by atoms with Crippen LogP contribution in [0.5, 0.6) is 5.75 Å². The molecule has 2 aromatic carbocycles. The van der Waals surface area contributed by atoms with E-state index >= 15 is 0 Å². The van der Waals surface area contributed by atoms with E-state index in [1.165, 1.54) is 17.7 Å². The molecule has 29 heavy (non-hydrogen) atoms. The van der Waals surface area contributed by atoms with Crippen LogP contribution in [0.4, 0.5) is 4.39 Å². The van der Waals surface area contributed by atoms with Gasteiger partial charge >= 0.3 is 0 Å². The predicted octanol–water partition coefficient (Wildman–Crippen LogP) is 6.17. The molecule has 0 radical (unpaired) electrons. The molecule has 0 bridgehead atoms. The molecule has 0 saturated heterocycles. The summed E-state index contributed by atoms with van der Waals surface area (Å²) in [6.07, 6.45) is -0.219. The standard InChI is InChI=1S/C23H28FN3OS/c1-6-27-21(16(2)28-20-13-9-18(10-14-20)23(3,4)5)25-26-22(27)29-15-17-7-11-19(24)12-8-17/h7-14,16H,6,15H2,1-5H3. The minimum absolute atomic E-state index is 0.114. The zero-order valence-electron chi connectivity index (χ0n) is 17.6. The molecule has 0 N–H and O–H groups in total. The highest BCUT2D eigenvalue weighted by Crippen LogP contribution is 2.28. The normalized spacial score (nSPS) is 12.8. The topological polar surface area (TPSA) is 39.9 Å². The van der Waals surface area contributed by atoms with Crippen LogP contribution >= 0.6 is 11.8 Å². The molecule has 0 aliphatic carbocycles. The molecule has 6 heteroatoms. The Hall–Kier alpha value is -2.34. The molecular weight excluding hydrogens is 385 g/mol. The molecule has 1 unspecified atom stereocenters. The van der Waals surface area contributed by atoms with E-state index in [-0.39, 0.29) is 17.3 Å². The molecule has 3 aromatic rings. The minimum atomic E-state index is -0.223. The van der Waals surface area contributed by atoms with Crippen LogP contribution < -0.4 is 4.74 Å². The number of aromatic nitrogens is 3. The van der Waals surface area contributed by atoms with Crippen LogP contribution in [0.25, 0.3) is 0 Å². The number of thioether (sulfide) groups is 1. The van der Waals surface area contributed by atoms with Crippen molar-refractivity contribution in [2.24, 2.45) is 0 Å². The van der Waals surface area contributed by atoms with E-state index < -0.39 is 0 Å². The average Bonchev–Trinajstić information content (AvgIpc) is 3.10. The van der Waals surface area contributed by atoms with Gasteiger partial charge < -0.3 is 9.30 Å². The molecule has 0 amide bonds. The van der Waals surface area contributed by atoms with Crippen molar-refractivity contribution >= 4 is 11.8 Å². The van der Waals surface area contributed by atoms with Crippen LogP contribution in [0.1, 0.15) is 57.7 Å². The summed E-state index contributed by atoms with van der Waals surface area (Å²) in [5.41, 5.74) is 2.43. The lowest BCUT2D eigenvalue weighted by molar-refractivity contribution is 0.210. The van der Waals surface area contributed by atoms with Gasteiger partial charge in [-0.1, -0.05) is 56.8 Å². The molecule has 0 saturated carbocycles. The summed E-state index contributed by atoms with van der Waals surface area (Å²) < 4.78 is 21.3. The summed E-state index contributed by atoms with van der Waals surface area (Å²) in [5.74, 6) is 2.10. The second-order valence-electron chi connectivity index (χ2n) is 8.03. The van der Waals surface area contributed by atoms with Gasteiger partial charge in [-0.2, -0.15) is 0 Å². The summed E-state index contributed by atoms with van der Waals surface area (Å²) >= 11 is 1.59. The molecule has 1 aromatic heterocycles. The number of hydrogen-bond acceptors (Lipinski definition) is 4. The highest BCUT2D eigenvalue weighted by molar-refractivity contribution is 7.98. The van der Waals surface area contributed by atoms with E-state index in [1.54, 1.807) is 23.9 Å². The van der Waals surface area contributed by atoms with Crippen molar-refractivity contribution in [2.75, 3.05) is 0 Å². The Morgan fingerprint density at radius 3 is 2.28 bits per heavy atom. The maximum absolute atomic E-state index is 13.1. The van der Waals surface area contributed by atoms with Gasteiger partial charge in [0.05, 0.1) is 0 Å². The van der Waals surface area contributed by atoms with E-state index in [1.807, 2.05) is 19.1 Å². The van der Waals surface area contributed by atoms with Crippen molar-refractivity contribution in [3.05, 3.63) is 71.3 Å². The molecule has 1 heterocycles. The fraction of sp³-hybridized carbons (Fsp3) is 0.391. The first-order valence-electron chi connectivity index (χ1n) is 9.85. The third kappa shape index (κ3) is 5.38. The Morgan fingerprint density at radius 2 is 1.69 bits per heavy atom. The van der Waals surface area contributed by atoms with Gasteiger partial charge in [-0.3, -0.25) is 0 Å². The highest BCUT2D eigenvalue weighted by atomic mass is 32.2. The summed E-state index contributed by atoms with van der Waals surface area (Å²) in [4.78, 5) is 0. The third-order valence-electron chi connectivity index (χ3n) is 4.74. The van der Waals surface area contributed by atoms with E-state index in [0.29, 0.717) is 5.75 Å². The Kier molecular flexibility index (Phi) is 6.63. The maximum Gasteiger partial charge on any atom is 0.191 e.